The number of fused-ring (bicyclic) bond motifs is 1. The lowest BCUT2D eigenvalue weighted by molar-refractivity contribution is -0.126. The van der Waals surface area contributed by atoms with Crippen LogP contribution in [-0.4, -0.2) is 52.4 Å². The normalized spacial score (nSPS) is 17.2. The lowest BCUT2D eigenvalue weighted by Crippen LogP contribution is -2.46. The van der Waals surface area contributed by atoms with Crippen molar-refractivity contribution in [1.82, 2.24) is 14.2 Å². The van der Waals surface area contributed by atoms with E-state index in [9.17, 15) is 4.79 Å². The first-order valence-electron chi connectivity index (χ1n) is 9.77. The monoisotopic (exact) mass is 496 g/mol. The van der Waals surface area contributed by atoms with Crippen LogP contribution in [-0.2, 0) is 16.1 Å². The van der Waals surface area contributed by atoms with Crippen molar-refractivity contribution in [1.29, 1.82) is 0 Å². The highest BCUT2D eigenvalue weighted by molar-refractivity contribution is 7.99. The van der Waals surface area contributed by atoms with Crippen LogP contribution in [0.15, 0.2) is 40.7 Å². The number of benzene rings is 2. The molecule has 2 aromatic carbocycles. The van der Waals surface area contributed by atoms with Gasteiger partial charge in [0.15, 0.2) is 4.34 Å². The van der Waals surface area contributed by atoms with E-state index in [1.54, 1.807) is 11.2 Å². The first-order chi connectivity index (χ1) is 14.9. The summed E-state index contributed by atoms with van der Waals surface area (Å²) in [7, 11) is 0. The van der Waals surface area contributed by atoms with Gasteiger partial charge in [0.05, 0.1) is 39.5 Å². The zero-order valence-corrected chi connectivity index (χ0v) is 20.0. The molecule has 1 aliphatic rings. The molecule has 31 heavy (non-hydrogen) atoms. The Bertz CT molecular complexity index is 1090. The lowest BCUT2D eigenvalue weighted by atomic mass is 10.2. The van der Waals surface area contributed by atoms with E-state index < -0.39 is 0 Å². The van der Waals surface area contributed by atoms with Crippen LogP contribution in [0.5, 0.6) is 0 Å². The van der Waals surface area contributed by atoms with E-state index in [0.29, 0.717) is 28.9 Å². The number of nitrogen functional groups attached to an aromatic ring is 1. The van der Waals surface area contributed by atoms with Gasteiger partial charge in [0.2, 0.25) is 5.91 Å². The van der Waals surface area contributed by atoms with E-state index in [0.717, 1.165) is 39.8 Å². The lowest BCUT2D eigenvalue weighted by Gasteiger charge is -2.35. The van der Waals surface area contributed by atoms with Crippen LogP contribution < -0.4 is 5.73 Å². The quantitative estimate of drug-likeness (QED) is 0.384. The number of nitrogens with two attached hydrogens (primary N) is 1. The highest BCUT2D eigenvalue weighted by Crippen LogP contribution is 2.33. The fourth-order valence-electron chi connectivity index (χ4n) is 3.40. The summed E-state index contributed by atoms with van der Waals surface area (Å²) < 4.78 is 9.48. The Morgan fingerprint density at radius 1 is 1.32 bits per heavy atom. The summed E-state index contributed by atoms with van der Waals surface area (Å²) in [5.41, 5.74) is 8.55. The second-order valence-corrected chi connectivity index (χ2v) is 10.5. The third-order valence-electron chi connectivity index (χ3n) is 4.91. The topological polar surface area (TPSA) is 71.7 Å². The van der Waals surface area contributed by atoms with Gasteiger partial charge >= 0.3 is 0 Å². The molecule has 1 aromatic heterocycles. The van der Waals surface area contributed by atoms with Crippen LogP contribution in [0.3, 0.4) is 0 Å². The average Bonchev–Trinajstić information content (AvgIpc) is 3.12. The van der Waals surface area contributed by atoms with Gasteiger partial charge in [-0.3, -0.25) is 14.0 Å². The molecule has 10 heteroatoms. The number of halogens is 2. The minimum absolute atomic E-state index is 0.0334. The van der Waals surface area contributed by atoms with Gasteiger partial charge < -0.3 is 10.5 Å². The van der Waals surface area contributed by atoms with Crippen LogP contribution in [0, 0.1) is 0 Å². The Hall–Kier alpha value is -1.55. The average molecular weight is 497 g/mol. The smallest absolute Gasteiger partial charge is 0.229 e. The van der Waals surface area contributed by atoms with Crippen molar-refractivity contribution in [3.05, 3.63) is 52.0 Å². The predicted molar refractivity (Wildman–Crippen MR) is 129 cm³/mol. The van der Waals surface area contributed by atoms with E-state index in [4.69, 9.17) is 33.7 Å². The summed E-state index contributed by atoms with van der Waals surface area (Å²) in [6.07, 6.45) is -0.0852. The number of anilines is 1. The number of nitrogens with zero attached hydrogens (tertiary/aromatic N) is 3. The number of amides is 1. The third-order valence-corrected chi connectivity index (χ3v) is 7.81. The fourth-order valence-corrected chi connectivity index (χ4v) is 5.85. The van der Waals surface area contributed by atoms with Crippen LogP contribution >= 0.6 is 46.5 Å². The summed E-state index contributed by atoms with van der Waals surface area (Å²) in [5, 5.41) is 1.11. The van der Waals surface area contributed by atoms with Crippen molar-refractivity contribution in [3.63, 3.8) is 0 Å². The van der Waals surface area contributed by atoms with Gasteiger partial charge in [-0.1, -0.05) is 29.3 Å². The standard InChI is InChI=1S/C21H22Cl2N4O2S2/c1-13(28)27(31-21-25-19-5-3-15(24)9-20(19)30-21)12-16-11-26(6-7-29-16)10-14-2-4-17(22)18(23)8-14/h2-5,8-9,16H,6-7,10-12,24H2,1H3/t16-/m0/s1. The van der Waals surface area contributed by atoms with Gasteiger partial charge in [-0.25, -0.2) is 4.98 Å². The highest BCUT2D eigenvalue weighted by atomic mass is 35.5. The maximum absolute atomic E-state index is 12.3. The molecule has 1 fully saturated rings. The Balaban J connectivity index is 1.39. The molecule has 6 nitrogen and oxygen atoms in total. The molecule has 1 aliphatic heterocycles. The molecule has 1 atom stereocenters. The Kier molecular flexibility index (Phi) is 7.26. The number of carbonyl (C=O) groups is 1. The maximum atomic E-state index is 12.3. The van der Waals surface area contributed by atoms with Crippen molar-refractivity contribution in [2.24, 2.45) is 0 Å². The molecule has 0 aliphatic carbocycles. The minimum Gasteiger partial charge on any atom is -0.399 e. The van der Waals surface area contributed by atoms with Crippen molar-refractivity contribution >= 4 is 68.3 Å². The zero-order chi connectivity index (χ0) is 22.0. The molecule has 3 aromatic rings. The second kappa shape index (κ2) is 9.94. The van der Waals surface area contributed by atoms with Gasteiger partial charge in [0.1, 0.15) is 0 Å². The molecule has 4 rings (SSSR count). The number of thiazole rings is 1. The number of carbonyl (C=O) groups excluding carboxylic acids is 1. The first-order valence-corrected chi connectivity index (χ1v) is 12.1. The molecule has 0 radical (unpaired) electrons. The van der Waals surface area contributed by atoms with Crippen molar-refractivity contribution in [3.8, 4) is 0 Å². The Morgan fingerprint density at radius 2 is 2.16 bits per heavy atom. The van der Waals surface area contributed by atoms with Crippen LogP contribution in [0.2, 0.25) is 10.0 Å². The summed E-state index contributed by atoms with van der Waals surface area (Å²) in [5.74, 6) is -0.0334. The fraction of sp³-hybridized carbons (Fsp3) is 0.333. The molecular weight excluding hydrogens is 475 g/mol. The largest absolute Gasteiger partial charge is 0.399 e. The molecule has 0 saturated carbocycles. The summed E-state index contributed by atoms with van der Waals surface area (Å²) >= 11 is 15.0. The predicted octanol–water partition coefficient (Wildman–Crippen LogP) is 4.94. The van der Waals surface area contributed by atoms with E-state index in [1.807, 2.05) is 36.4 Å². The molecule has 1 amide bonds. The Labute approximate surface area is 199 Å². The minimum atomic E-state index is -0.0852. The molecule has 1 saturated heterocycles. The number of rotatable bonds is 6. The van der Waals surface area contributed by atoms with E-state index in [-0.39, 0.29) is 12.0 Å². The Morgan fingerprint density at radius 3 is 2.94 bits per heavy atom. The summed E-state index contributed by atoms with van der Waals surface area (Å²) in [6.45, 7) is 4.96. The maximum Gasteiger partial charge on any atom is 0.229 e. The SMILES string of the molecule is CC(=O)N(C[C@@H]1CN(Cc2ccc(Cl)c(Cl)c2)CCO1)Sc1nc2ccc(N)cc2s1. The van der Waals surface area contributed by atoms with Gasteiger partial charge in [0.25, 0.3) is 0 Å². The molecule has 2 N–H and O–H groups in total. The third kappa shape index (κ3) is 5.83. The van der Waals surface area contributed by atoms with E-state index in [1.165, 1.54) is 23.3 Å². The van der Waals surface area contributed by atoms with Gasteiger partial charge in [0, 0.05) is 44.2 Å². The number of hydrogen-bond donors (Lipinski definition) is 1. The molecule has 164 valence electrons. The van der Waals surface area contributed by atoms with Gasteiger partial charge in [-0.05, 0) is 35.9 Å². The number of hydrogen-bond acceptors (Lipinski definition) is 7. The first kappa shape index (κ1) is 22.6. The highest BCUT2D eigenvalue weighted by Gasteiger charge is 2.25. The van der Waals surface area contributed by atoms with Crippen molar-refractivity contribution < 1.29 is 9.53 Å². The number of morpholine rings is 1. The summed E-state index contributed by atoms with van der Waals surface area (Å²) in [4.78, 5) is 19.2. The van der Waals surface area contributed by atoms with E-state index >= 15 is 0 Å². The second-order valence-electron chi connectivity index (χ2n) is 7.35. The van der Waals surface area contributed by atoms with Gasteiger partial charge in [-0.15, -0.1) is 11.3 Å². The van der Waals surface area contributed by atoms with Crippen LogP contribution in [0.4, 0.5) is 5.69 Å². The van der Waals surface area contributed by atoms with Crippen molar-refractivity contribution in [2.45, 2.75) is 23.9 Å². The summed E-state index contributed by atoms with van der Waals surface area (Å²) in [6, 6.07) is 11.3. The molecular formula is C21H22Cl2N4O2S2. The molecule has 2 heterocycles. The zero-order valence-electron chi connectivity index (χ0n) is 16.9. The number of ether oxygens (including phenoxy) is 1. The van der Waals surface area contributed by atoms with Crippen LogP contribution in [0.1, 0.15) is 12.5 Å². The molecule has 0 bridgehead atoms. The molecule has 0 spiro atoms. The van der Waals surface area contributed by atoms with Gasteiger partial charge in [-0.2, -0.15) is 0 Å². The number of aromatic nitrogens is 1. The van der Waals surface area contributed by atoms with Crippen molar-refractivity contribution in [2.75, 3.05) is 32.0 Å². The molecule has 0 unspecified atom stereocenters. The van der Waals surface area contributed by atoms with Crippen LogP contribution in [0.25, 0.3) is 10.2 Å². The van der Waals surface area contributed by atoms with E-state index in [2.05, 4.69) is 9.88 Å².